The van der Waals surface area contributed by atoms with Crippen molar-refractivity contribution < 1.29 is 14.7 Å². The van der Waals surface area contributed by atoms with Gasteiger partial charge in [-0.1, -0.05) is 6.92 Å². The lowest BCUT2D eigenvalue weighted by Gasteiger charge is -2.37. The molecule has 2 amide bonds. The molecule has 0 aromatic heterocycles. The van der Waals surface area contributed by atoms with Crippen molar-refractivity contribution in [2.24, 2.45) is 0 Å². The number of carboxylic acid groups (broad SMARTS) is 1. The number of carbonyl (C=O) groups excluding carboxylic acids is 1. The van der Waals surface area contributed by atoms with E-state index in [4.69, 9.17) is 5.11 Å². The molecule has 0 spiro atoms. The summed E-state index contributed by atoms with van der Waals surface area (Å²) in [4.78, 5) is 27.0. The number of carboxylic acids is 1. The monoisotopic (exact) mass is 255 g/mol. The summed E-state index contributed by atoms with van der Waals surface area (Å²) in [6, 6.07) is -0.552. The lowest BCUT2D eigenvalue weighted by atomic mass is 10.1. The average molecular weight is 255 g/mol. The smallest absolute Gasteiger partial charge is 0.326 e. The number of amides is 2. The van der Waals surface area contributed by atoms with Crippen LogP contribution in [0.15, 0.2) is 0 Å². The Labute approximate surface area is 107 Å². The van der Waals surface area contributed by atoms with Gasteiger partial charge in [0.15, 0.2) is 0 Å². The zero-order valence-corrected chi connectivity index (χ0v) is 10.8. The summed E-state index contributed by atoms with van der Waals surface area (Å²) in [5.74, 6) is -0.967. The number of nitrogens with zero attached hydrogens (tertiary/aromatic N) is 2. The van der Waals surface area contributed by atoms with Gasteiger partial charge in [-0.3, -0.25) is 4.90 Å². The van der Waals surface area contributed by atoms with Gasteiger partial charge < -0.3 is 15.3 Å². The maximum atomic E-state index is 12.0. The van der Waals surface area contributed by atoms with Crippen LogP contribution in [0.5, 0.6) is 0 Å². The van der Waals surface area contributed by atoms with E-state index < -0.39 is 12.0 Å². The van der Waals surface area contributed by atoms with E-state index in [0.29, 0.717) is 19.0 Å². The Hall–Kier alpha value is -1.30. The number of urea groups is 1. The first-order chi connectivity index (χ1) is 8.61. The lowest BCUT2D eigenvalue weighted by molar-refractivity contribution is -0.139. The molecule has 2 N–H and O–H groups in total. The molecular formula is C12H21N3O3. The summed E-state index contributed by atoms with van der Waals surface area (Å²) >= 11 is 0. The highest BCUT2D eigenvalue weighted by molar-refractivity contribution is 5.82. The van der Waals surface area contributed by atoms with Gasteiger partial charge in [0.1, 0.15) is 6.04 Å². The van der Waals surface area contributed by atoms with Gasteiger partial charge in [-0.2, -0.15) is 0 Å². The number of aliphatic carboxylic acids is 1. The molecule has 2 rings (SSSR count). The van der Waals surface area contributed by atoms with Crippen molar-refractivity contribution in [2.45, 2.75) is 38.3 Å². The van der Waals surface area contributed by atoms with Crippen LogP contribution in [0.1, 0.15) is 26.2 Å². The van der Waals surface area contributed by atoms with Crippen LogP contribution in [0.2, 0.25) is 0 Å². The highest BCUT2D eigenvalue weighted by Gasteiger charge is 2.33. The Balaban J connectivity index is 1.87. The quantitative estimate of drug-likeness (QED) is 0.762. The third-order valence-electron chi connectivity index (χ3n) is 3.88. The maximum absolute atomic E-state index is 12.0. The van der Waals surface area contributed by atoms with E-state index in [0.717, 1.165) is 26.1 Å². The van der Waals surface area contributed by atoms with E-state index in [1.165, 1.54) is 6.42 Å². The molecule has 2 saturated heterocycles. The molecule has 2 heterocycles. The van der Waals surface area contributed by atoms with Crippen molar-refractivity contribution >= 4 is 12.0 Å². The van der Waals surface area contributed by atoms with Gasteiger partial charge in [0.05, 0.1) is 0 Å². The predicted molar refractivity (Wildman–Crippen MR) is 66.4 cm³/mol. The van der Waals surface area contributed by atoms with E-state index in [1.54, 1.807) is 11.8 Å². The van der Waals surface area contributed by atoms with Crippen LogP contribution in [0.25, 0.3) is 0 Å². The third kappa shape index (κ3) is 2.75. The molecule has 2 aliphatic heterocycles. The summed E-state index contributed by atoms with van der Waals surface area (Å²) in [7, 11) is 0. The van der Waals surface area contributed by atoms with Gasteiger partial charge in [0.25, 0.3) is 0 Å². The molecule has 2 aliphatic rings. The number of piperazine rings is 1. The molecule has 0 bridgehead atoms. The molecule has 0 aromatic carbocycles. The second-order valence-electron chi connectivity index (χ2n) is 5.03. The summed E-state index contributed by atoms with van der Waals surface area (Å²) in [6.07, 6.45) is 2.75. The Kier molecular flexibility index (Phi) is 4.06. The topological polar surface area (TPSA) is 72.9 Å². The van der Waals surface area contributed by atoms with Crippen LogP contribution in [0, 0.1) is 0 Å². The van der Waals surface area contributed by atoms with Crippen LogP contribution in [0.3, 0.4) is 0 Å². The third-order valence-corrected chi connectivity index (χ3v) is 3.88. The lowest BCUT2D eigenvalue weighted by Crippen LogP contribution is -2.56. The van der Waals surface area contributed by atoms with E-state index >= 15 is 0 Å². The minimum Gasteiger partial charge on any atom is -0.480 e. The first kappa shape index (κ1) is 13.1. The summed E-state index contributed by atoms with van der Waals surface area (Å²) in [6.45, 7) is 5.21. The Bertz CT molecular complexity index is 335. The first-order valence-electron chi connectivity index (χ1n) is 6.64. The molecule has 0 aromatic rings. The molecule has 0 aliphatic carbocycles. The molecule has 1 unspecified atom stereocenters. The SMILES string of the molecule is CC[C@H](NC(=O)N1CCN2CCCC2C1)C(=O)O. The number of fused-ring (bicyclic) bond motifs is 1. The molecule has 102 valence electrons. The molecule has 2 atom stereocenters. The standard InChI is InChI=1S/C12H21N3O3/c1-2-10(11(16)17)13-12(18)15-7-6-14-5-3-4-9(14)8-15/h9-10H,2-8H2,1H3,(H,13,18)(H,16,17)/t9?,10-/m0/s1. The van der Waals surface area contributed by atoms with Crippen LogP contribution < -0.4 is 5.32 Å². The fourth-order valence-electron chi connectivity index (χ4n) is 2.75. The highest BCUT2D eigenvalue weighted by Crippen LogP contribution is 2.21. The van der Waals surface area contributed by atoms with E-state index in [2.05, 4.69) is 10.2 Å². The minimum absolute atomic E-state index is 0.240. The second kappa shape index (κ2) is 5.56. The molecular weight excluding hydrogens is 234 g/mol. The van der Waals surface area contributed by atoms with Crippen molar-refractivity contribution in [1.82, 2.24) is 15.1 Å². The van der Waals surface area contributed by atoms with Crippen molar-refractivity contribution in [2.75, 3.05) is 26.2 Å². The van der Waals surface area contributed by atoms with Gasteiger partial charge in [-0.15, -0.1) is 0 Å². The van der Waals surface area contributed by atoms with Gasteiger partial charge in [0, 0.05) is 25.7 Å². The minimum atomic E-state index is -0.967. The summed E-state index contributed by atoms with van der Waals surface area (Å²) in [5.41, 5.74) is 0. The zero-order valence-electron chi connectivity index (χ0n) is 10.8. The van der Waals surface area contributed by atoms with Gasteiger partial charge in [-0.05, 0) is 25.8 Å². The normalized spacial score (nSPS) is 25.6. The van der Waals surface area contributed by atoms with E-state index in [-0.39, 0.29) is 6.03 Å². The molecule has 18 heavy (non-hydrogen) atoms. The van der Waals surface area contributed by atoms with E-state index in [9.17, 15) is 9.59 Å². The van der Waals surface area contributed by atoms with Crippen LogP contribution in [-0.2, 0) is 4.79 Å². The van der Waals surface area contributed by atoms with E-state index in [1.807, 2.05) is 0 Å². The summed E-state index contributed by atoms with van der Waals surface area (Å²) in [5, 5.41) is 11.5. The second-order valence-corrected chi connectivity index (χ2v) is 5.03. The highest BCUT2D eigenvalue weighted by atomic mass is 16.4. The van der Waals surface area contributed by atoms with Crippen molar-refractivity contribution in [3.8, 4) is 0 Å². The van der Waals surface area contributed by atoms with Crippen molar-refractivity contribution in [3.63, 3.8) is 0 Å². The first-order valence-corrected chi connectivity index (χ1v) is 6.64. The average Bonchev–Trinajstić information content (AvgIpc) is 2.82. The number of rotatable bonds is 3. The van der Waals surface area contributed by atoms with Crippen LogP contribution in [-0.4, -0.2) is 65.2 Å². The van der Waals surface area contributed by atoms with Crippen LogP contribution >= 0.6 is 0 Å². The predicted octanol–water partition coefficient (Wildman–Crippen LogP) is 0.339. The Morgan fingerprint density at radius 1 is 1.39 bits per heavy atom. The van der Waals surface area contributed by atoms with Gasteiger partial charge in [-0.25, -0.2) is 9.59 Å². The number of carbonyl (C=O) groups is 2. The van der Waals surface area contributed by atoms with Gasteiger partial charge >= 0.3 is 12.0 Å². The number of hydrogen-bond donors (Lipinski definition) is 2. The largest absolute Gasteiger partial charge is 0.480 e. The van der Waals surface area contributed by atoms with Crippen LogP contribution in [0.4, 0.5) is 4.79 Å². The van der Waals surface area contributed by atoms with Crippen molar-refractivity contribution in [3.05, 3.63) is 0 Å². The Morgan fingerprint density at radius 3 is 2.83 bits per heavy atom. The number of hydrogen-bond acceptors (Lipinski definition) is 3. The Morgan fingerprint density at radius 2 is 2.17 bits per heavy atom. The molecule has 6 heteroatoms. The maximum Gasteiger partial charge on any atom is 0.326 e. The molecule has 0 saturated carbocycles. The fraction of sp³-hybridized carbons (Fsp3) is 0.833. The fourth-order valence-corrected chi connectivity index (χ4v) is 2.75. The number of nitrogens with one attached hydrogen (secondary N) is 1. The molecule has 6 nitrogen and oxygen atoms in total. The zero-order chi connectivity index (χ0) is 13.1. The van der Waals surface area contributed by atoms with Crippen molar-refractivity contribution in [1.29, 1.82) is 0 Å². The van der Waals surface area contributed by atoms with Gasteiger partial charge in [0.2, 0.25) is 0 Å². The summed E-state index contributed by atoms with van der Waals surface area (Å²) < 4.78 is 0. The molecule has 0 radical (unpaired) electrons. The molecule has 2 fully saturated rings.